The number of likely N-dealkylation sites (N-methyl/N-ethyl adjacent to an activating group) is 1. The highest BCUT2D eigenvalue weighted by atomic mass is 16.5. The van der Waals surface area contributed by atoms with Gasteiger partial charge in [-0.1, -0.05) is 37.6 Å². The first kappa shape index (κ1) is 31.0. The fourth-order valence-electron chi connectivity index (χ4n) is 3.86. The van der Waals surface area contributed by atoms with E-state index in [-0.39, 0.29) is 48.5 Å². The SMILES string of the molecule is CC(=O)C(C)CCCCNC(=O)N(C)CCCOCC(=O)N(C)Cc1ccc(CC(=O)N2CCC2=O)cc1. The van der Waals surface area contributed by atoms with Gasteiger partial charge in [0.15, 0.2) is 0 Å². The van der Waals surface area contributed by atoms with Gasteiger partial charge in [-0.05, 0) is 37.3 Å². The number of hydrogen-bond donors (Lipinski definition) is 1. The molecule has 1 heterocycles. The molecule has 38 heavy (non-hydrogen) atoms. The molecule has 1 aromatic rings. The zero-order chi connectivity index (χ0) is 28.1. The van der Waals surface area contributed by atoms with Crippen LogP contribution >= 0.6 is 0 Å². The van der Waals surface area contributed by atoms with E-state index in [9.17, 15) is 24.0 Å². The molecule has 210 valence electrons. The van der Waals surface area contributed by atoms with Crippen molar-refractivity contribution >= 4 is 29.5 Å². The summed E-state index contributed by atoms with van der Waals surface area (Å²) in [7, 11) is 3.43. The largest absolute Gasteiger partial charge is 0.372 e. The number of carbonyl (C=O) groups is 5. The van der Waals surface area contributed by atoms with Gasteiger partial charge in [0.05, 0.1) is 6.42 Å². The average Bonchev–Trinajstić information content (AvgIpc) is 2.87. The number of urea groups is 1. The van der Waals surface area contributed by atoms with Crippen molar-refractivity contribution < 1.29 is 28.7 Å². The molecule has 1 saturated heterocycles. The lowest BCUT2D eigenvalue weighted by atomic mass is 10.0. The zero-order valence-corrected chi connectivity index (χ0v) is 23.2. The van der Waals surface area contributed by atoms with Gasteiger partial charge in [-0.25, -0.2) is 4.79 Å². The number of β-lactam (4-membered cyclic amide) rings is 1. The molecular weight excluding hydrogens is 488 g/mol. The number of carbonyl (C=O) groups excluding carboxylic acids is 5. The molecule has 5 amide bonds. The van der Waals surface area contributed by atoms with Gasteiger partial charge in [0.1, 0.15) is 12.4 Å². The van der Waals surface area contributed by atoms with Gasteiger partial charge in [0.2, 0.25) is 17.7 Å². The van der Waals surface area contributed by atoms with Crippen LogP contribution in [-0.2, 0) is 36.9 Å². The summed E-state index contributed by atoms with van der Waals surface area (Å²) in [4.78, 5) is 63.7. The van der Waals surface area contributed by atoms with Crippen molar-refractivity contribution in [3.8, 4) is 0 Å². The van der Waals surface area contributed by atoms with Gasteiger partial charge in [-0.2, -0.15) is 0 Å². The van der Waals surface area contributed by atoms with Crippen molar-refractivity contribution in [2.75, 3.05) is 46.9 Å². The van der Waals surface area contributed by atoms with E-state index in [1.807, 2.05) is 31.2 Å². The number of amides is 5. The van der Waals surface area contributed by atoms with Crippen molar-refractivity contribution in [3.63, 3.8) is 0 Å². The van der Waals surface area contributed by atoms with Crippen molar-refractivity contribution in [1.29, 1.82) is 0 Å². The Kier molecular flexibility index (Phi) is 12.9. The standard InChI is InChI=1S/C28H42N4O6/c1-21(22(2)33)8-5-6-14-29-28(37)30(3)15-7-17-38-20-27(36)31(4)19-24-11-9-23(10-12-24)18-26(35)32-16-13-25(32)34/h9-12,21H,5-8,13-20H2,1-4H3,(H,29,37). The first-order valence-electron chi connectivity index (χ1n) is 13.3. The predicted molar refractivity (Wildman–Crippen MR) is 143 cm³/mol. The first-order valence-corrected chi connectivity index (χ1v) is 13.3. The molecule has 1 atom stereocenters. The van der Waals surface area contributed by atoms with E-state index in [1.165, 1.54) is 4.90 Å². The van der Waals surface area contributed by atoms with Crippen LogP contribution in [0.5, 0.6) is 0 Å². The number of hydrogen-bond acceptors (Lipinski definition) is 6. The molecule has 1 aliphatic rings. The minimum atomic E-state index is -0.183. The summed E-state index contributed by atoms with van der Waals surface area (Å²) in [6.07, 6.45) is 3.81. The Hall–Kier alpha value is -3.27. The molecule has 0 spiro atoms. The fourth-order valence-corrected chi connectivity index (χ4v) is 3.86. The smallest absolute Gasteiger partial charge is 0.317 e. The van der Waals surface area contributed by atoms with Gasteiger partial charge in [0, 0.05) is 59.2 Å². The van der Waals surface area contributed by atoms with Gasteiger partial charge >= 0.3 is 6.03 Å². The Bertz CT molecular complexity index is 965. The second-order valence-electron chi connectivity index (χ2n) is 10.00. The molecule has 0 aliphatic carbocycles. The Balaban J connectivity index is 1.55. The highest BCUT2D eigenvalue weighted by Crippen LogP contribution is 2.13. The van der Waals surface area contributed by atoms with Crippen LogP contribution in [0.1, 0.15) is 57.1 Å². The highest BCUT2D eigenvalue weighted by molar-refractivity contribution is 6.00. The number of Topliss-reactive ketones (excluding diaryl/α,β-unsaturated/α-hetero) is 1. The second kappa shape index (κ2) is 15.9. The van der Waals surface area contributed by atoms with E-state index in [0.717, 1.165) is 30.4 Å². The molecule has 10 nitrogen and oxygen atoms in total. The molecule has 1 aliphatic heterocycles. The van der Waals surface area contributed by atoms with E-state index in [2.05, 4.69) is 5.32 Å². The van der Waals surface area contributed by atoms with Gasteiger partial charge in [-0.3, -0.25) is 24.1 Å². The summed E-state index contributed by atoms with van der Waals surface area (Å²) in [5, 5.41) is 2.88. The maximum absolute atomic E-state index is 12.4. The second-order valence-corrected chi connectivity index (χ2v) is 10.00. The highest BCUT2D eigenvalue weighted by Gasteiger charge is 2.29. The lowest BCUT2D eigenvalue weighted by Gasteiger charge is -2.28. The van der Waals surface area contributed by atoms with Crippen LogP contribution in [0.15, 0.2) is 24.3 Å². The van der Waals surface area contributed by atoms with Crippen LogP contribution in [0.2, 0.25) is 0 Å². The number of nitrogens with one attached hydrogen (secondary N) is 1. The molecular formula is C28H42N4O6. The fraction of sp³-hybridized carbons (Fsp3) is 0.607. The van der Waals surface area contributed by atoms with E-state index in [1.54, 1.807) is 30.8 Å². The first-order chi connectivity index (χ1) is 18.1. The van der Waals surface area contributed by atoms with Crippen LogP contribution in [0.25, 0.3) is 0 Å². The Morgan fingerprint density at radius 3 is 2.32 bits per heavy atom. The van der Waals surface area contributed by atoms with Crippen LogP contribution in [0.3, 0.4) is 0 Å². The third-order valence-electron chi connectivity index (χ3n) is 6.76. The molecule has 0 bridgehead atoms. The van der Waals surface area contributed by atoms with Gasteiger partial charge in [-0.15, -0.1) is 0 Å². The third kappa shape index (κ3) is 10.6. The zero-order valence-electron chi connectivity index (χ0n) is 23.2. The third-order valence-corrected chi connectivity index (χ3v) is 6.76. The summed E-state index contributed by atoms with van der Waals surface area (Å²) >= 11 is 0. The number of nitrogens with zero attached hydrogens (tertiary/aromatic N) is 3. The number of ether oxygens (including phenoxy) is 1. The van der Waals surface area contributed by atoms with Crippen molar-refractivity contribution in [2.45, 2.75) is 58.9 Å². The normalized spacial score (nSPS) is 13.5. The number of ketones is 1. The molecule has 1 unspecified atom stereocenters. The molecule has 1 N–H and O–H groups in total. The topological polar surface area (TPSA) is 116 Å². The van der Waals surface area contributed by atoms with E-state index in [4.69, 9.17) is 4.74 Å². The Morgan fingerprint density at radius 1 is 1.03 bits per heavy atom. The molecule has 0 aromatic heterocycles. The molecule has 10 heteroatoms. The van der Waals surface area contributed by atoms with E-state index < -0.39 is 0 Å². The van der Waals surface area contributed by atoms with Crippen LogP contribution < -0.4 is 5.32 Å². The molecule has 1 aromatic carbocycles. The average molecular weight is 531 g/mol. The van der Waals surface area contributed by atoms with E-state index in [0.29, 0.717) is 45.6 Å². The maximum atomic E-state index is 12.4. The monoisotopic (exact) mass is 530 g/mol. The van der Waals surface area contributed by atoms with Crippen molar-refractivity contribution in [3.05, 3.63) is 35.4 Å². The van der Waals surface area contributed by atoms with Crippen molar-refractivity contribution in [2.24, 2.45) is 5.92 Å². The maximum Gasteiger partial charge on any atom is 0.317 e. The molecule has 1 fully saturated rings. The molecule has 0 radical (unpaired) electrons. The summed E-state index contributed by atoms with van der Waals surface area (Å²) in [6.45, 7) is 5.85. The number of benzene rings is 1. The van der Waals surface area contributed by atoms with Crippen LogP contribution in [0.4, 0.5) is 4.79 Å². The number of rotatable bonds is 16. The Morgan fingerprint density at radius 2 is 1.71 bits per heavy atom. The summed E-state index contributed by atoms with van der Waals surface area (Å²) in [5.74, 6) is -0.184. The number of imide groups is 1. The number of unbranched alkanes of at least 4 members (excludes halogenated alkanes) is 1. The summed E-state index contributed by atoms with van der Waals surface area (Å²) in [6, 6.07) is 7.28. The molecule has 2 rings (SSSR count). The van der Waals surface area contributed by atoms with Crippen LogP contribution in [-0.4, -0.2) is 91.2 Å². The van der Waals surface area contributed by atoms with Gasteiger partial charge in [0.25, 0.3) is 0 Å². The summed E-state index contributed by atoms with van der Waals surface area (Å²) in [5.41, 5.74) is 1.76. The van der Waals surface area contributed by atoms with Crippen molar-refractivity contribution in [1.82, 2.24) is 20.0 Å². The minimum absolute atomic E-state index is 0.0401. The Labute approximate surface area is 225 Å². The van der Waals surface area contributed by atoms with Gasteiger partial charge < -0.3 is 19.9 Å². The minimum Gasteiger partial charge on any atom is -0.372 e. The van der Waals surface area contributed by atoms with Crippen LogP contribution in [0, 0.1) is 5.92 Å². The molecule has 0 saturated carbocycles. The quantitative estimate of drug-likeness (QED) is 0.259. The number of likely N-dealkylation sites (tertiary alicyclic amines) is 1. The van der Waals surface area contributed by atoms with E-state index >= 15 is 0 Å². The predicted octanol–water partition coefficient (Wildman–Crippen LogP) is 2.39. The lowest BCUT2D eigenvalue weighted by molar-refractivity contribution is -0.152. The lowest BCUT2D eigenvalue weighted by Crippen LogP contribution is -2.48. The summed E-state index contributed by atoms with van der Waals surface area (Å²) < 4.78 is 5.50.